The van der Waals surface area contributed by atoms with Gasteiger partial charge in [-0.1, -0.05) is 25.4 Å². The predicted molar refractivity (Wildman–Crippen MR) is 131 cm³/mol. The standard InChI is InChI=1S/C22H32ClN5O7S/c1-15(2)13-34-21(31)24-9-3-8-22(19(29)26-20(30)27-22)14-36(32,33)28-10-6-17(7-11-28)35-18-5-4-16(23)12-25-18/h4-5,12,15,17H,3,6-11,13-14H2,1-2H3,(H,24,31)(H2,26,27,29,30). The molecule has 2 saturated heterocycles. The zero-order valence-corrected chi connectivity index (χ0v) is 21.9. The summed E-state index contributed by atoms with van der Waals surface area (Å²) in [6.07, 6.45) is 1.83. The number of carbonyl (C=O) groups excluding carboxylic acids is 3. The van der Waals surface area contributed by atoms with Gasteiger partial charge in [0.2, 0.25) is 15.9 Å². The predicted octanol–water partition coefficient (Wildman–Crippen LogP) is 1.65. The van der Waals surface area contributed by atoms with Crippen LogP contribution in [0.25, 0.3) is 0 Å². The Bertz CT molecular complexity index is 1050. The summed E-state index contributed by atoms with van der Waals surface area (Å²) < 4.78 is 38.6. The lowest BCUT2D eigenvalue weighted by molar-refractivity contribution is -0.123. The number of aromatic nitrogens is 1. The summed E-state index contributed by atoms with van der Waals surface area (Å²) >= 11 is 5.83. The van der Waals surface area contributed by atoms with Crippen molar-refractivity contribution in [3.05, 3.63) is 23.4 Å². The van der Waals surface area contributed by atoms with Gasteiger partial charge in [-0.25, -0.2) is 27.3 Å². The van der Waals surface area contributed by atoms with Crippen LogP contribution in [0, 0.1) is 5.92 Å². The van der Waals surface area contributed by atoms with Crippen LogP contribution < -0.4 is 20.7 Å². The number of pyridine rings is 1. The lowest BCUT2D eigenvalue weighted by Gasteiger charge is -2.34. The number of rotatable bonds is 11. The first-order valence-corrected chi connectivity index (χ1v) is 13.8. The van der Waals surface area contributed by atoms with Gasteiger partial charge in [-0.15, -0.1) is 0 Å². The molecular weight excluding hydrogens is 514 g/mol. The third-order valence-electron chi connectivity index (χ3n) is 5.82. The largest absolute Gasteiger partial charge is 0.474 e. The number of urea groups is 1. The van der Waals surface area contributed by atoms with E-state index in [1.54, 1.807) is 12.1 Å². The minimum Gasteiger partial charge on any atom is -0.474 e. The van der Waals surface area contributed by atoms with Gasteiger partial charge in [-0.3, -0.25) is 10.1 Å². The van der Waals surface area contributed by atoms with Gasteiger partial charge in [-0.2, -0.15) is 0 Å². The lowest BCUT2D eigenvalue weighted by atomic mass is 9.96. The molecule has 1 unspecified atom stereocenters. The Kier molecular flexibility index (Phi) is 9.36. The first-order chi connectivity index (χ1) is 17.0. The molecule has 12 nitrogen and oxygen atoms in total. The molecule has 200 valence electrons. The van der Waals surface area contributed by atoms with E-state index in [1.165, 1.54) is 10.5 Å². The SMILES string of the molecule is CC(C)COC(=O)NCCCC1(CS(=O)(=O)N2CCC(Oc3ccc(Cl)cn3)CC2)NC(=O)NC1=O. The Labute approximate surface area is 215 Å². The van der Waals surface area contributed by atoms with Crippen LogP contribution in [-0.4, -0.2) is 79.4 Å². The van der Waals surface area contributed by atoms with Crippen molar-refractivity contribution in [2.24, 2.45) is 5.92 Å². The molecule has 14 heteroatoms. The number of carbonyl (C=O) groups is 3. The van der Waals surface area contributed by atoms with Gasteiger partial charge in [0, 0.05) is 31.9 Å². The fourth-order valence-corrected chi connectivity index (χ4v) is 6.02. The van der Waals surface area contributed by atoms with Crippen LogP contribution >= 0.6 is 11.6 Å². The van der Waals surface area contributed by atoms with Crippen LogP contribution in [0.1, 0.15) is 39.5 Å². The Hall–Kier alpha value is -2.64. The highest BCUT2D eigenvalue weighted by Crippen LogP contribution is 2.25. The number of nitrogens with zero attached hydrogens (tertiary/aromatic N) is 2. The van der Waals surface area contributed by atoms with E-state index in [1.807, 2.05) is 13.8 Å². The first kappa shape index (κ1) is 27.9. The molecule has 0 spiro atoms. The van der Waals surface area contributed by atoms with Crippen molar-refractivity contribution in [2.45, 2.75) is 51.2 Å². The van der Waals surface area contributed by atoms with Crippen molar-refractivity contribution in [3.8, 4) is 5.88 Å². The lowest BCUT2D eigenvalue weighted by Crippen LogP contribution is -2.56. The molecule has 2 aliphatic heterocycles. The highest BCUT2D eigenvalue weighted by molar-refractivity contribution is 7.89. The van der Waals surface area contributed by atoms with Gasteiger partial charge >= 0.3 is 12.1 Å². The van der Waals surface area contributed by atoms with Gasteiger partial charge in [0.1, 0.15) is 11.6 Å². The van der Waals surface area contributed by atoms with Gasteiger partial charge in [0.05, 0.1) is 17.4 Å². The molecule has 3 rings (SSSR count). The van der Waals surface area contributed by atoms with Crippen LogP contribution in [0.15, 0.2) is 18.3 Å². The molecule has 2 aliphatic rings. The third kappa shape index (κ3) is 7.68. The molecule has 1 atom stereocenters. The third-order valence-corrected chi connectivity index (χ3v) is 8.06. The second kappa shape index (κ2) is 12.1. The normalized spacial score (nSPS) is 21.2. The topological polar surface area (TPSA) is 156 Å². The Balaban J connectivity index is 1.55. The molecule has 4 amide bonds. The number of piperidine rings is 1. The molecule has 1 aromatic rings. The molecule has 0 bridgehead atoms. The molecule has 0 aliphatic carbocycles. The number of imide groups is 1. The van der Waals surface area contributed by atoms with E-state index in [4.69, 9.17) is 21.1 Å². The molecule has 0 radical (unpaired) electrons. The van der Waals surface area contributed by atoms with E-state index < -0.39 is 39.3 Å². The van der Waals surface area contributed by atoms with Crippen LogP contribution in [0.2, 0.25) is 5.02 Å². The Morgan fingerprint density at radius 1 is 1.31 bits per heavy atom. The summed E-state index contributed by atoms with van der Waals surface area (Å²) in [6.45, 7) is 4.65. The van der Waals surface area contributed by atoms with E-state index in [9.17, 15) is 22.8 Å². The molecule has 0 saturated carbocycles. The van der Waals surface area contributed by atoms with Crippen LogP contribution in [0.3, 0.4) is 0 Å². The average Bonchev–Trinajstić information content (AvgIpc) is 3.09. The Morgan fingerprint density at radius 3 is 2.61 bits per heavy atom. The van der Waals surface area contributed by atoms with Gasteiger partial charge < -0.3 is 20.1 Å². The molecule has 3 N–H and O–H groups in total. The summed E-state index contributed by atoms with van der Waals surface area (Å²) in [5, 5.41) is 7.68. The highest BCUT2D eigenvalue weighted by Gasteiger charge is 2.50. The smallest absolute Gasteiger partial charge is 0.407 e. The van der Waals surface area contributed by atoms with E-state index in [2.05, 4.69) is 20.9 Å². The zero-order chi connectivity index (χ0) is 26.3. The zero-order valence-electron chi connectivity index (χ0n) is 20.3. The van der Waals surface area contributed by atoms with Crippen molar-refractivity contribution in [3.63, 3.8) is 0 Å². The number of sulfonamides is 1. The molecule has 1 aromatic heterocycles. The number of halogens is 1. The molecule has 2 fully saturated rings. The maximum absolute atomic E-state index is 13.2. The molecular formula is C22H32ClN5O7S. The molecule has 0 aromatic carbocycles. The number of nitrogens with one attached hydrogen (secondary N) is 3. The van der Waals surface area contributed by atoms with E-state index >= 15 is 0 Å². The fraction of sp³-hybridized carbons (Fsp3) is 0.636. The van der Waals surface area contributed by atoms with E-state index in [0.717, 1.165) is 0 Å². The first-order valence-electron chi connectivity index (χ1n) is 11.8. The molecule has 36 heavy (non-hydrogen) atoms. The monoisotopic (exact) mass is 545 g/mol. The number of ether oxygens (including phenoxy) is 2. The van der Waals surface area contributed by atoms with Crippen molar-refractivity contribution >= 4 is 39.7 Å². The van der Waals surface area contributed by atoms with Crippen LogP contribution in [0.4, 0.5) is 9.59 Å². The maximum Gasteiger partial charge on any atom is 0.407 e. The van der Waals surface area contributed by atoms with Crippen molar-refractivity contribution in [1.82, 2.24) is 25.2 Å². The van der Waals surface area contributed by atoms with Gasteiger partial charge in [-0.05, 0) is 37.7 Å². The summed E-state index contributed by atoms with van der Waals surface area (Å²) in [6, 6.07) is 2.56. The second-order valence-corrected chi connectivity index (χ2v) is 11.7. The van der Waals surface area contributed by atoms with Crippen LogP contribution in [-0.2, 0) is 19.6 Å². The maximum atomic E-state index is 13.2. The van der Waals surface area contributed by atoms with Crippen molar-refractivity contribution in [2.75, 3.05) is 32.0 Å². The van der Waals surface area contributed by atoms with Gasteiger partial charge in [0.25, 0.3) is 5.91 Å². The fourth-order valence-electron chi connectivity index (χ4n) is 3.99. The number of alkyl carbamates (subject to hydrolysis) is 1. The van der Waals surface area contributed by atoms with Crippen LogP contribution in [0.5, 0.6) is 5.88 Å². The van der Waals surface area contributed by atoms with Crippen molar-refractivity contribution in [1.29, 1.82) is 0 Å². The summed E-state index contributed by atoms with van der Waals surface area (Å²) in [4.78, 5) is 40.3. The minimum absolute atomic E-state index is 0.0239. The average molecular weight is 546 g/mol. The van der Waals surface area contributed by atoms with Crippen molar-refractivity contribution < 1.29 is 32.3 Å². The highest BCUT2D eigenvalue weighted by atomic mass is 35.5. The van der Waals surface area contributed by atoms with E-state index in [0.29, 0.717) is 23.7 Å². The number of hydrogen-bond acceptors (Lipinski definition) is 8. The number of amides is 4. The minimum atomic E-state index is -3.90. The molecule has 3 heterocycles. The summed E-state index contributed by atoms with van der Waals surface area (Å²) in [7, 11) is -3.90. The van der Waals surface area contributed by atoms with E-state index in [-0.39, 0.29) is 51.1 Å². The van der Waals surface area contributed by atoms with Gasteiger partial charge in [0.15, 0.2) is 0 Å². The second-order valence-electron chi connectivity index (χ2n) is 9.30. The summed E-state index contributed by atoms with van der Waals surface area (Å²) in [5.41, 5.74) is -1.62. The Morgan fingerprint density at radius 2 is 2.03 bits per heavy atom. The summed E-state index contributed by atoms with van der Waals surface area (Å²) in [5.74, 6) is -0.691. The quantitative estimate of drug-likeness (QED) is 0.280. The number of hydrogen-bond donors (Lipinski definition) is 3.